The maximum atomic E-state index is 12.1. The quantitative estimate of drug-likeness (QED) is 0.653. The summed E-state index contributed by atoms with van der Waals surface area (Å²) in [5, 5.41) is 2.87. The summed E-state index contributed by atoms with van der Waals surface area (Å²) in [5.41, 5.74) is 2.81. The van der Waals surface area contributed by atoms with Gasteiger partial charge in [0.2, 0.25) is 5.91 Å². The highest BCUT2D eigenvalue weighted by atomic mass is 16.5. The zero-order chi connectivity index (χ0) is 19.2. The lowest BCUT2D eigenvalue weighted by atomic mass is 10.2. The van der Waals surface area contributed by atoms with E-state index in [4.69, 9.17) is 9.47 Å². The molecule has 0 bridgehead atoms. The van der Waals surface area contributed by atoms with E-state index in [0.717, 1.165) is 22.4 Å². The lowest BCUT2D eigenvalue weighted by molar-refractivity contribution is -0.116. The normalized spacial score (nSPS) is 11.1. The Hall–Kier alpha value is -3.28. The van der Waals surface area contributed by atoms with Gasteiger partial charge in [0, 0.05) is 13.1 Å². The first-order valence-electron chi connectivity index (χ1n) is 8.79. The number of carbonyl (C=O) groups excluding carboxylic acids is 1. The molecule has 3 aromatic rings. The number of aryl methyl sites for hydroxylation is 1. The van der Waals surface area contributed by atoms with E-state index in [-0.39, 0.29) is 5.91 Å². The van der Waals surface area contributed by atoms with Crippen molar-refractivity contribution in [3.8, 4) is 11.5 Å². The molecular formula is C21H23N3O3. The Bertz CT molecular complexity index is 976. The van der Waals surface area contributed by atoms with Crippen LogP contribution >= 0.6 is 0 Å². The molecule has 6 heteroatoms. The molecule has 0 atom stereocenters. The standard InChI is InChI=1S/C21H23N3O3/c1-4-27-18-11-9-15(13-19(18)26-3)10-12-21(25)22-14-20-23-16-7-5-6-8-17(16)24(20)2/h5-13H,4,14H2,1-3H3,(H,22,25)/b12-10+. The van der Waals surface area contributed by atoms with Crippen molar-refractivity contribution in [1.82, 2.24) is 14.9 Å². The number of methoxy groups -OCH3 is 1. The summed E-state index contributed by atoms with van der Waals surface area (Å²) in [6, 6.07) is 13.4. The summed E-state index contributed by atoms with van der Waals surface area (Å²) in [7, 11) is 3.54. The minimum atomic E-state index is -0.185. The van der Waals surface area contributed by atoms with E-state index in [2.05, 4.69) is 10.3 Å². The Morgan fingerprint density at radius 1 is 1.22 bits per heavy atom. The number of ether oxygens (including phenoxy) is 2. The summed E-state index contributed by atoms with van der Waals surface area (Å²) in [6.45, 7) is 2.85. The molecule has 0 unspecified atom stereocenters. The van der Waals surface area contributed by atoms with Crippen LogP contribution in [0.2, 0.25) is 0 Å². The second kappa shape index (κ2) is 8.40. The fourth-order valence-electron chi connectivity index (χ4n) is 2.81. The van der Waals surface area contributed by atoms with Crippen molar-refractivity contribution >= 4 is 23.0 Å². The average molecular weight is 365 g/mol. The molecule has 0 aliphatic rings. The number of rotatable bonds is 7. The lowest BCUT2D eigenvalue weighted by Crippen LogP contribution is -2.22. The number of hydrogen-bond donors (Lipinski definition) is 1. The summed E-state index contributed by atoms with van der Waals surface area (Å²) >= 11 is 0. The second-order valence-electron chi connectivity index (χ2n) is 5.97. The van der Waals surface area contributed by atoms with Crippen LogP contribution in [0.25, 0.3) is 17.1 Å². The van der Waals surface area contributed by atoms with Gasteiger partial charge in [-0.3, -0.25) is 4.79 Å². The van der Waals surface area contributed by atoms with Gasteiger partial charge in [-0.15, -0.1) is 0 Å². The monoisotopic (exact) mass is 365 g/mol. The molecule has 140 valence electrons. The van der Waals surface area contributed by atoms with E-state index < -0.39 is 0 Å². The van der Waals surface area contributed by atoms with Crippen LogP contribution in [0.1, 0.15) is 18.3 Å². The van der Waals surface area contributed by atoms with E-state index >= 15 is 0 Å². The van der Waals surface area contributed by atoms with Crippen molar-refractivity contribution < 1.29 is 14.3 Å². The molecule has 1 aromatic heterocycles. The summed E-state index contributed by atoms with van der Waals surface area (Å²) in [4.78, 5) is 16.7. The van der Waals surface area contributed by atoms with Gasteiger partial charge in [-0.1, -0.05) is 18.2 Å². The van der Waals surface area contributed by atoms with Gasteiger partial charge in [0.05, 0.1) is 31.3 Å². The topological polar surface area (TPSA) is 65.4 Å². The zero-order valence-corrected chi connectivity index (χ0v) is 15.7. The molecule has 3 rings (SSSR count). The minimum Gasteiger partial charge on any atom is -0.493 e. The van der Waals surface area contributed by atoms with Crippen molar-refractivity contribution in [3.05, 3.63) is 59.9 Å². The lowest BCUT2D eigenvalue weighted by Gasteiger charge is -2.09. The molecule has 0 radical (unpaired) electrons. The van der Waals surface area contributed by atoms with E-state index in [1.165, 1.54) is 6.08 Å². The third-order valence-electron chi connectivity index (χ3n) is 4.22. The Balaban J connectivity index is 1.64. The Kier molecular flexibility index (Phi) is 5.76. The minimum absolute atomic E-state index is 0.185. The van der Waals surface area contributed by atoms with Crippen LogP contribution in [0.3, 0.4) is 0 Å². The predicted octanol–water partition coefficient (Wildman–Crippen LogP) is 3.31. The fraction of sp³-hybridized carbons (Fsp3) is 0.238. The molecule has 1 amide bonds. The number of nitrogens with one attached hydrogen (secondary N) is 1. The third-order valence-corrected chi connectivity index (χ3v) is 4.22. The van der Waals surface area contributed by atoms with Gasteiger partial charge < -0.3 is 19.4 Å². The van der Waals surface area contributed by atoms with Gasteiger partial charge in [-0.2, -0.15) is 0 Å². The first-order valence-corrected chi connectivity index (χ1v) is 8.79. The number of fused-ring (bicyclic) bond motifs is 1. The molecule has 1 heterocycles. The smallest absolute Gasteiger partial charge is 0.244 e. The van der Waals surface area contributed by atoms with Gasteiger partial charge in [-0.25, -0.2) is 4.98 Å². The number of imidazole rings is 1. The van der Waals surface area contributed by atoms with Gasteiger partial charge in [0.15, 0.2) is 11.5 Å². The largest absolute Gasteiger partial charge is 0.493 e. The van der Waals surface area contributed by atoms with Crippen LogP contribution in [0.15, 0.2) is 48.5 Å². The molecule has 0 fully saturated rings. The van der Waals surface area contributed by atoms with Crippen molar-refractivity contribution in [2.75, 3.05) is 13.7 Å². The highest BCUT2D eigenvalue weighted by Crippen LogP contribution is 2.28. The predicted molar refractivity (Wildman–Crippen MR) is 106 cm³/mol. The number of benzene rings is 2. The van der Waals surface area contributed by atoms with Gasteiger partial charge in [-0.05, 0) is 42.8 Å². The molecular weight excluding hydrogens is 342 g/mol. The van der Waals surface area contributed by atoms with Crippen molar-refractivity contribution in [3.63, 3.8) is 0 Å². The van der Waals surface area contributed by atoms with E-state index in [1.807, 2.05) is 61.0 Å². The van der Waals surface area contributed by atoms with E-state index in [9.17, 15) is 4.79 Å². The van der Waals surface area contributed by atoms with Crippen molar-refractivity contribution in [2.45, 2.75) is 13.5 Å². The van der Waals surface area contributed by atoms with Crippen molar-refractivity contribution in [2.24, 2.45) is 7.05 Å². The molecule has 6 nitrogen and oxygen atoms in total. The van der Waals surface area contributed by atoms with Crippen LogP contribution in [-0.4, -0.2) is 29.2 Å². The second-order valence-corrected chi connectivity index (χ2v) is 5.97. The van der Waals surface area contributed by atoms with E-state index in [1.54, 1.807) is 13.2 Å². The summed E-state index contributed by atoms with van der Waals surface area (Å²) < 4.78 is 12.8. The Morgan fingerprint density at radius 2 is 2.04 bits per heavy atom. The maximum absolute atomic E-state index is 12.1. The van der Waals surface area contributed by atoms with Crippen molar-refractivity contribution in [1.29, 1.82) is 0 Å². The SMILES string of the molecule is CCOc1ccc(/C=C/C(=O)NCc2nc3ccccc3n2C)cc1OC. The van der Waals surface area contributed by atoms with Crippen LogP contribution in [0, 0.1) is 0 Å². The number of carbonyl (C=O) groups is 1. The zero-order valence-electron chi connectivity index (χ0n) is 15.7. The molecule has 0 aliphatic heterocycles. The first kappa shape index (κ1) is 18.5. The number of nitrogens with zero attached hydrogens (tertiary/aromatic N) is 2. The maximum Gasteiger partial charge on any atom is 0.244 e. The van der Waals surface area contributed by atoms with E-state index in [0.29, 0.717) is 24.7 Å². The molecule has 27 heavy (non-hydrogen) atoms. The molecule has 2 aromatic carbocycles. The summed E-state index contributed by atoms with van der Waals surface area (Å²) in [6.07, 6.45) is 3.24. The average Bonchev–Trinajstić information content (AvgIpc) is 3.01. The van der Waals surface area contributed by atoms with Gasteiger partial charge in [0.1, 0.15) is 5.82 Å². The number of hydrogen-bond acceptors (Lipinski definition) is 4. The highest BCUT2D eigenvalue weighted by molar-refractivity contribution is 5.91. The Labute approximate surface area is 158 Å². The number of aromatic nitrogens is 2. The summed E-state index contributed by atoms with van der Waals surface area (Å²) in [5.74, 6) is 1.94. The molecule has 0 saturated heterocycles. The van der Waals surface area contributed by atoms with Gasteiger partial charge >= 0.3 is 0 Å². The molecule has 0 aliphatic carbocycles. The van der Waals surface area contributed by atoms with Crippen LogP contribution < -0.4 is 14.8 Å². The highest BCUT2D eigenvalue weighted by Gasteiger charge is 2.08. The van der Waals surface area contributed by atoms with Crippen LogP contribution in [0.4, 0.5) is 0 Å². The third kappa shape index (κ3) is 4.28. The first-order chi connectivity index (χ1) is 13.1. The molecule has 0 saturated carbocycles. The fourth-order valence-corrected chi connectivity index (χ4v) is 2.81. The van der Waals surface area contributed by atoms with Gasteiger partial charge in [0.25, 0.3) is 0 Å². The number of amides is 1. The molecule has 1 N–H and O–H groups in total. The number of para-hydroxylation sites is 2. The molecule has 0 spiro atoms. The van der Waals surface area contributed by atoms with Crippen LogP contribution in [0.5, 0.6) is 11.5 Å². The van der Waals surface area contributed by atoms with Crippen LogP contribution in [-0.2, 0) is 18.4 Å². The Morgan fingerprint density at radius 3 is 2.78 bits per heavy atom.